The average molecular weight is 340 g/mol. The van der Waals surface area contributed by atoms with E-state index in [9.17, 15) is 9.59 Å². The molecule has 0 saturated carbocycles. The second kappa shape index (κ2) is 7.55. The molecule has 0 N–H and O–H groups in total. The number of piperazine rings is 1. The molecule has 0 bridgehead atoms. The number of amides is 2. The molecule has 3 rings (SSSR count). The molecule has 2 amide bonds. The number of carbonyl (C=O) groups excluding carboxylic acids is 2. The Balaban J connectivity index is 1.51. The normalized spacial score (nSPS) is 15.9. The number of hydrogen-bond acceptors (Lipinski definition) is 3. The van der Waals surface area contributed by atoms with Crippen molar-refractivity contribution in [2.24, 2.45) is 0 Å². The lowest BCUT2D eigenvalue weighted by Gasteiger charge is -2.34. The minimum Gasteiger partial charge on any atom is -0.456 e. The molecular formula is C20H24N2O3. The van der Waals surface area contributed by atoms with Crippen LogP contribution < -0.4 is 0 Å². The van der Waals surface area contributed by atoms with E-state index in [1.165, 1.54) is 5.56 Å². The van der Waals surface area contributed by atoms with Crippen molar-refractivity contribution in [2.45, 2.75) is 26.2 Å². The van der Waals surface area contributed by atoms with Gasteiger partial charge < -0.3 is 14.2 Å². The Hall–Kier alpha value is -2.56. The lowest BCUT2D eigenvalue weighted by molar-refractivity contribution is -0.133. The van der Waals surface area contributed by atoms with Crippen molar-refractivity contribution in [2.75, 3.05) is 26.2 Å². The van der Waals surface area contributed by atoms with E-state index in [4.69, 9.17) is 4.42 Å². The van der Waals surface area contributed by atoms with Crippen LogP contribution in [-0.2, 0) is 4.79 Å². The van der Waals surface area contributed by atoms with Gasteiger partial charge in [0.05, 0.1) is 0 Å². The number of benzene rings is 1. The molecule has 1 aromatic carbocycles. The summed E-state index contributed by atoms with van der Waals surface area (Å²) < 4.78 is 5.40. The third-order valence-electron chi connectivity index (χ3n) is 4.72. The van der Waals surface area contributed by atoms with E-state index in [1.54, 1.807) is 17.0 Å². The summed E-state index contributed by atoms with van der Waals surface area (Å²) in [5.41, 5.74) is 1.18. The maximum absolute atomic E-state index is 12.5. The highest BCUT2D eigenvalue weighted by atomic mass is 16.3. The van der Waals surface area contributed by atoms with E-state index in [-0.39, 0.29) is 17.7 Å². The molecule has 0 radical (unpaired) electrons. The van der Waals surface area contributed by atoms with E-state index in [0.29, 0.717) is 38.4 Å². The summed E-state index contributed by atoms with van der Waals surface area (Å²) in [5.74, 6) is 1.34. The van der Waals surface area contributed by atoms with Crippen molar-refractivity contribution in [3.05, 3.63) is 59.5 Å². The van der Waals surface area contributed by atoms with Crippen molar-refractivity contribution in [1.82, 2.24) is 9.80 Å². The van der Waals surface area contributed by atoms with Gasteiger partial charge in [-0.3, -0.25) is 9.59 Å². The summed E-state index contributed by atoms with van der Waals surface area (Å²) in [5, 5.41) is 0. The zero-order valence-electron chi connectivity index (χ0n) is 14.8. The molecule has 1 atom stereocenters. The van der Waals surface area contributed by atoms with Gasteiger partial charge in [0.15, 0.2) is 5.76 Å². The Morgan fingerprint density at radius 3 is 2.24 bits per heavy atom. The average Bonchev–Trinajstić information content (AvgIpc) is 3.08. The summed E-state index contributed by atoms with van der Waals surface area (Å²) in [6, 6.07) is 13.6. The SMILES string of the molecule is Cc1ccc(C(=O)N2CCN(C(=O)CC(C)c3ccccc3)CC2)o1. The molecule has 1 aliphatic heterocycles. The van der Waals surface area contributed by atoms with Crippen LogP contribution in [0.3, 0.4) is 0 Å². The molecule has 1 saturated heterocycles. The summed E-state index contributed by atoms with van der Waals surface area (Å²) in [6.45, 7) is 6.14. The standard InChI is InChI=1S/C20H24N2O3/c1-15(17-6-4-3-5-7-17)14-19(23)21-10-12-22(13-11-21)20(24)18-9-8-16(2)25-18/h3-9,15H,10-14H2,1-2H3. The van der Waals surface area contributed by atoms with Gasteiger partial charge in [-0.1, -0.05) is 37.3 Å². The van der Waals surface area contributed by atoms with Crippen molar-refractivity contribution in [3.8, 4) is 0 Å². The topological polar surface area (TPSA) is 53.8 Å². The van der Waals surface area contributed by atoms with Crippen molar-refractivity contribution in [3.63, 3.8) is 0 Å². The monoisotopic (exact) mass is 340 g/mol. The zero-order valence-corrected chi connectivity index (χ0v) is 14.8. The van der Waals surface area contributed by atoms with E-state index in [2.05, 4.69) is 19.1 Å². The first-order valence-corrected chi connectivity index (χ1v) is 8.73. The first kappa shape index (κ1) is 17.3. The summed E-state index contributed by atoms with van der Waals surface area (Å²) in [7, 11) is 0. The Kier molecular flexibility index (Phi) is 5.22. The summed E-state index contributed by atoms with van der Waals surface area (Å²) in [4.78, 5) is 28.5. The number of rotatable bonds is 4. The van der Waals surface area contributed by atoms with E-state index < -0.39 is 0 Å². The highest BCUT2D eigenvalue weighted by Crippen LogP contribution is 2.20. The maximum Gasteiger partial charge on any atom is 0.289 e. The van der Waals surface area contributed by atoms with Crippen molar-refractivity contribution in [1.29, 1.82) is 0 Å². The Morgan fingerprint density at radius 1 is 1.00 bits per heavy atom. The van der Waals surface area contributed by atoms with E-state index in [0.717, 1.165) is 5.76 Å². The lowest BCUT2D eigenvalue weighted by Crippen LogP contribution is -2.50. The van der Waals surface area contributed by atoms with Crippen LogP contribution in [0.1, 0.15) is 41.1 Å². The molecule has 25 heavy (non-hydrogen) atoms. The minimum atomic E-state index is -0.0992. The van der Waals surface area contributed by atoms with Crippen molar-refractivity contribution >= 4 is 11.8 Å². The van der Waals surface area contributed by atoms with Gasteiger partial charge in [0.1, 0.15) is 5.76 Å². The molecule has 2 heterocycles. The second-order valence-electron chi connectivity index (χ2n) is 6.60. The third-order valence-corrected chi connectivity index (χ3v) is 4.72. The minimum absolute atomic E-state index is 0.0992. The fourth-order valence-electron chi connectivity index (χ4n) is 3.15. The van der Waals surface area contributed by atoms with Gasteiger partial charge in [-0.25, -0.2) is 0 Å². The first-order valence-electron chi connectivity index (χ1n) is 8.73. The molecule has 5 nitrogen and oxygen atoms in total. The van der Waals surface area contributed by atoms with Gasteiger partial charge in [0.25, 0.3) is 5.91 Å². The quantitative estimate of drug-likeness (QED) is 0.859. The Bertz CT molecular complexity index is 730. The van der Waals surface area contributed by atoms with Gasteiger partial charge in [0, 0.05) is 32.6 Å². The number of carbonyl (C=O) groups is 2. The molecule has 132 valence electrons. The molecule has 1 unspecified atom stereocenters. The molecule has 2 aromatic rings. The Labute approximate surface area is 148 Å². The lowest BCUT2D eigenvalue weighted by atomic mass is 9.97. The van der Waals surface area contributed by atoms with E-state index in [1.807, 2.05) is 30.0 Å². The van der Waals surface area contributed by atoms with E-state index >= 15 is 0 Å². The van der Waals surface area contributed by atoms with Crippen LogP contribution in [0.15, 0.2) is 46.9 Å². The third kappa shape index (κ3) is 4.10. The molecule has 1 fully saturated rings. The van der Waals surface area contributed by atoms with Crippen LogP contribution in [0.5, 0.6) is 0 Å². The van der Waals surface area contributed by atoms with Gasteiger partial charge in [0.2, 0.25) is 5.91 Å². The zero-order chi connectivity index (χ0) is 17.8. The first-order chi connectivity index (χ1) is 12.0. The Morgan fingerprint density at radius 2 is 1.64 bits per heavy atom. The van der Waals surface area contributed by atoms with Gasteiger partial charge in [-0.15, -0.1) is 0 Å². The molecule has 5 heteroatoms. The van der Waals surface area contributed by atoms with Gasteiger partial charge in [-0.2, -0.15) is 0 Å². The number of furan rings is 1. The smallest absolute Gasteiger partial charge is 0.289 e. The molecule has 1 aromatic heterocycles. The number of nitrogens with zero attached hydrogens (tertiary/aromatic N) is 2. The van der Waals surface area contributed by atoms with Crippen LogP contribution in [0, 0.1) is 6.92 Å². The fraction of sp³-hybridized carbons (Fsp3) is 0.400. The van der Waals surface area contributed by atoms with Crippen LogP contribution in [0.25, 0.3) is 0 Å². The highest BCUT2D eigenvalue weighted by molar-refractivity contribution is 5.91. The summed E-state index contributed by atoms with van der Waals surface area (Å²) in [6.07, 6.45) is 0.495. The van der Waals surface area contributed by atoms with Crippen LogP contribution >= 0.6 is 0 Å². The number of aryl methyl sites for hydroxylation is 1. The predicted molar refractivity (Wildman–Crippen MR) is 95.4 cm³/mol. The fourth-order valence-corrected chi connectivity index (χ4v) is 3.15. The van der Waals surface area contributed by atoms with Crippen LogP contribution in [0.2, 0.25) is 0 Å². The number of hydrogen-bond donors (Lipinski definition) is 0. The van der Waals surface area contributed by atoms with Crippen molar-refractivity contribution < 1.29 is 14.0 Å². The molecule has 0 aliphatic carbocycles. The molecule has 0 spiro atoms. The maximum atomic E-state index is 12.5. The van der Waals surface area contributed by atoms with Crippen LogP contribution in [0.4, 0.5) is 0 Å². The summed E-state index contributed by atoms with van der Waals surface area (Å²) >= 11 is 0. The van der Waals surface area contributed by atoms with Gasteiger partial charge in [-0.05, 0) is 30.5 Å². The van der Waals surface area contributed by atoms with Crippen LogP contribution in [-0.4, -0.2) is 47.8 Å². The second-order valence-corrected chi connectivity index (χ2v) is 6.60. The molecule has 1 aliphatic rings. The van der Waals surface area contributed by atoms with Gasteiger partial charge >= 0.3 is 0 Å². The predicted octanol–water partition coefficient (Wildman–Crippen LogP) is 3.07. The largest absolute Gasteiger partial charge is 0.456 e. The molecular weight excluding hydrogens is 316 g/mol. The highest BCUT2D eigenvalue weighted by Gasteiger charge is 2.27.